The lowest BCUT2D eigenvalue weighted by Crippen LogP contribution is -2.46. The average Bonchev–Trinajstić information content (AvgIpc) is 3.13. The molecule has 144 valence electrons. The number of nitrogens with zero attached hydrogens (tertiary/aromatic N) is 2. The first-order valence-electron chi connectivity index (χ1n) is 8.28. The van der Waals surface area contributed by atoms with Gasteiger partial charge < -0.3 is 4.42 Å². The van der Waals surface area contributed by atoms with Crippen LogP contribution >= 0.6 is 0 Å². The molecule has 1 amide bonds. The van der Waals surface area contributed by atoms with E-state index in [2.05, 4.69) is 11.6 Å². The van der Waals surface area contributed by atoms with Gasteiger partial charge in [0.05, 0.1) is 4.90 Å². The fraction of sp³-hybridized carbons (Fsp3) is 0.100. The Balaban J connectivity index is 2.33. The molecule has 7 nitrogen and oxygen atoms in total. The lowest BCUT2D eigenvalue weighted by molar-refractivity contribution is -0.153. The third-order valence-corrected chi connectivity index (χ3v) is 5.32. The number of carbonyl (C=O) groups is 1. The molecule has 0 spiro atoms. The first kappa shape index (κ1) is 19.7. The fourth-order valence-electron chi connectivity index (χ4n) is 2.72. The second kappa shape index (κ2) is 7.16. The standard InChI is InChI=1S/C20H19N2O5S/c1-4-17(23)22(2,24)20-21-18(19(27-20)14-10-6-5-7-11-14)15-12-8-9-13-16(15)28(3,25)26/h4-13,24H,1H2,2-3H3/q+1. The van der Waals surface area contributed by atoms with Crippen molar-refractivity contribution in [1.29, 1.82) is 0 Å². The monoisotopic (exact) mass is 399 g/mol. The molecule has 3 aromatic rings. The molecule has 1 aromatic heterocycles. The van der Waals surface area contributed by atoms with Crippen LogP contribution in [0, 0.1) is 0 Å². The predicted octanol–water partition coefficient (Wildman–Crippen LogP) is 3.45. The number of amides is 1. The van der Waals surface area contributed by atoms with E-state index in [1.165, 1.54) is 13.1 Å². The number of aromatic nitrogens is 1. The summed E-state index contributed by atoms with van der Waals surface area (Å²) in [6, 6.07) is 14.9. The molecule has 0 radical (unpaired) electrons. The Hall–Kier alpha value is -3.07. The van der Waals surface area contributed by atoms with E-state index in [4.69, 9.17) is 4.42 Å². The molecule has 0 bridgehead atoms. The van der Waals surface area contributed by atoms with Crippen LogP contribution in [0.3, 0.4) is 0 Å². The molecule has 1 unspecified atom stereocenters. The van der Waals surface area contributed by atoms with Crippen LogP contribution in [0.15, 0.2) is 76.6 Å². The number of likely N-dealkylation sites (N-methyl/N-ethyl adjacent to an activating group) is 1. The van der Waals surface area contributed by atoms with Gasteiger partial charge in [-0.3, -0.25) is 0 Å². The van der Waals surface area contributed by atoms with Gasteiger partial charge in [0.25, 0.3) is 0 Å². The van der Waals surface area contributed by atoms with Gasteiger partial charge in [0.15, 0.2) is 15.6 Å². The van der Waals surface area contributed by atoms with Crippen LogP contribution in [-0.2, 0) is 14.6 Å². The molecule has 0 fully saturated rings. The maximum Gasteiger partial charge on any atom is 0.446 e. The Kier molecular flexibility index (Phi) is 5.03. The summed E-state index contributed by atoms with van der Waals surface area (Å²) in [5.74, 6) is -0.509. The van der Waals surface area contributed by atoms with E-state index in [9.17, 15) is 18.4 Å². The highest BCUT2D eigenvalue weighted by Gasteiger charge is 2.39. The van der Waals surface area contributed by atoms with Crippen LogP contribution < -0.4 is 4.65 Å². The van der Waals surface area contributed by atoms with E-state index in [-0.39, 0.29) is 22.4 Å². The highest BCUT2D eigenvalue weighted by Crippen LogP contribution is 2.39. The van der Waals surface area contributed by atoms with Crippen molar-refractivity contribution in [2.24, 2.45) is 0 Å². The van der Waals surface area contributed by atoms with Crippen molar-refractivity contribution < 1.29 is 22.8 Å². The Labute approximate surface area is 162 Å². The van der Waals surface area contributed by atoms with Gasteiger partial charge >= 0.3 is 11.9 Å². The van der Waals surface area contributed by atoms with E-state index >= 15 is 0 Å². The Morgan fingerprint density at radius 1 is 1.14 bits per heavy atom. The van der Waals surface area contributed by atoms with Gasteiger partial charge in [-0.1, -0.05) is 55.1 Å². The summed E-state index contributed by atoms with van der Waals surface area (Å²) in [6.45, 7) is 3.37. The topological polar surface area (TPSA) is 97.5 Å². The van der Waals surface area contributed by atoms with Crippen molar-refractivity contribution in [2.45, 2.75) is 4.90 Å². The minimum Gasteiger partial charge on any atom is -0.392 e. The van der Waals surface area contributed by atoms with Gasteiger partial charge in [0.1, 0.15) is 12.7 Å². The average molecular weight is 399 g/mol. The minimum atomic E-state index is -3.56. The van der Waals surface area contributed by atoms with E-state index in [1.54, 1.807) is 42.5 Å². The SMILES string of the molecule is C=CC(=O)[N+](C)(O)c1nc(-c2ccccc2S(C)(=O)=O)c(-c2ccccc2)o1. The van der Waals surface area contributed by atoms with Gasteiger partial charge in [-0.15, -0.1) is 0 Å². The van der Waals surface area contributed by atoms with E-state index < -0.39 is 20.4 Å². The second-order valence-corrected chi connectivity index (χ2v) is 8.29. The zero-order valence-corrected chi connectivity index (χ0v) is 16.2. The summed E-state index contributed by atoms with van der Waals surface area (Å²) in [5, 5.41) is 10.6. The first-order valence-corrected chi connectivity index (χ1v) is 10.2. The molecule has 1 heterocycles. The first-order chi connectivity index (χ1) is 13.2. The smallest absolute Gasteiger partial charge is 0.392 e. The Morgan fingerprint density at radius 2 is 1.75 bits per heavy atom. The van der Waals surface area contributed by atoms with Crippen LogP contribution in [-0.4, -0.2) is 37.8 Å². The number of quaternary nitrogens is 1. The zero-order valence-electron chi connectivity index (χ0n) is 15.4. The number of carbonyl (C=O) groups excluding carboxylic acids is 1. The largest absolute Gasteiger partial charge is 0.446 e. The Bertz CT molecular complexity index is 1150. The highest BCUT2D eigenvalue weighted by atomic mass is 32.2. The molecular weight excluding hydrogens is 380 g/mol. The number of hydroxylamine groups is 2. The van der Waals surface area contributed by atoms with Crippen LogP contribution in [0.4, 0.5) is 6.01 Å². The molecule has 28 heavy (non-hydrogen) atoms. The molecular formula is C20H19N2O5S+. The van der Waals surface area contributed by atoms with Gasteiger partial charge in [0, 0.05) is 23.5 Å². The summed E-state index contributed by atoms with van der Waals surface area (Å²) in [7, 11) is -2.37. The molecule has 3 rings (SSSR count). The summed E-state index contributed by atoms with van der Waals surface area (Å²) in [4.78, 5) is 16.4. The number of hydrogen-bond acceptors (Lipinski definition) is 6. The van der Waals surface area contributed by atoms with Crippen molar-refractivity contribution in [3.63, 3.8) is 0 Å². The molecule has 8 heteroatoms. The maximum atomic E-state index is 12.3. The summed E-state index contributed by atoms with van der Waals surface area (Å²) < 4.78 is 29.0. The van der Waals surface area contributed by atoms with E-state index in [0.29, 0.717) is 11.1 Å². The van der Waals surface area contributed by atoms with Crippen LogP contribution in [0.1, 0.15) is 0 Å². The van der Waals surface area contributed by atoms with E-state index in [1.807, 2.05) is 6.07 Å². The molecule has 1 N–H and O–H groups in total. The maximum absolute atomic E-state index is 12.3. The van der Waals surface area contributed by atoms with Crippen molar-refractivity contribution in [3.05, 3.63) is 67.3 Å². The molecule has 0 aliphatic carbocycles. The van der Waals surface area contributed by atoms with Crippen LogP contribution in [0.2, 0.25) is 0 Å². The lowest BCUT2D eigenvalue weighted by Gasteiger charge is -2.14. The van der Waals surface area contributed by atoms with Crippen LogP contribution in [0.25, 0.3) is 22.6 Å². The van der Waals surface area contributed by atoms with E-state index in [0.717, 1.165) is 12.3 Å². The normalized spacial score (nSPS) is 13.7. The molecule has 0 saturated heterocycles. The highest BCUT2D eigenvalue weighted by molar-refractivity contribution is 7.90. The summed E-state index contributed by atoms with van der Waals surface area (Å²) >= 11 is 0. The van der Waals surface area contributed by atoms with Gasteiger partial charge in [0.2, 0.25) is 0 Å². The summed E-state index contributed by atoms with van der Waals surface area (Å²) in [6.07, 6.45) is 2.05. The number of rotatable bonds is 5. The molecule has 0 saturated carbocycles. The van der Waals surface area contributed by atoms with Crippen LogP contribution in [0.5, 0.6) is 0 Å². The fourth-order valence-corrected chi connectivity index (χ4v) is 3.61. The number of oxazole rings is 1. The number of hydrogen-bond donors (Lipinski definition) is 1. The predicted molar refractivity (Wildman–Crippen MR) is 105 cm³/mol. The summed E-state index contributed by atoms with van der Waals surface area (Å²) in [5.41, 5.74) is 1.13. The lowest BCUT2D eigenvalue weighted by atomic mass is 10.1. The molecule has 0 aliphatic heterocycles. The third kappa shape index (κ3) is 3.53. The Morgan fingerprint density at radius 3 is 2.36 bits per heavy atom. The second-order valence-electron chi connectivity index (χ2n) is 6.31. The van der Waals surface area contributed by atoms with Crippen molar-refractivity contribution in [2.75, 3.05) is 13.3 Å². The minimum absolute atomic E-state index is 0.0641. The quantitative estimate of drug-likeness (QED) is 0.305. The number of benzene rings is 2. The van der Waals surface area contributed by atoms with Crippen molar-refractivity contribution in [1.82, 2.24) is 9.63 Å². The van der Waals surface area contributed by atoms with Gasteiger partial charge in [-0.25, -0.2) is 13.2 Å². The molecule has 0 aliphatic rings. The third-order valence-electron chi connectivity index (χ3n) is 4.17. The molecule has 1 atom stereocenters. The molecule has 2 aromatic carbocycles. The van der Waals surface area contributed by atoms with Gasteiger partial charge in [-0.05, 0) is 10.7 Å². The zero-order chi connectivity index (χ0) is 20.5. The van der Waals surface area contributed by atoms with Gasteiger partial charge in [-0.2, -0.15) is 10.2 Å². The van der Waals surface area contributed by atoms with Crippen molar-refractivity contribution >= 4 is 21.8 Å². The number of sulfone groups is 1. The van der Waals surface area contributed by atoms with Crippen molar-refractivity contribution in [3.8, 4) is 22.6 Å².